The normalized spacial score (nSPS) is 18.1. The van der Waals surface area contributed by atoms with Crippen molar-refractivity contribution in [2.24, 2.45) is 0 Å². The molecule has 0 spiro atoms. The minimum absolute atomic E-state index is 0.194. The molecule has 1 N–H and O–H groups in total. The van der Waals surface area contributed by atoms with Gasteiger partial charge in [-0.05, 0) is 11.3 Å². The Morgan fingerprint density at radius 1 is 1.19 bits per heavy atom. The molecule has 0 atom stereocenters. The van der Waals surface area contributed by atoms with Crippen LogP contribution < -0.4 is 9.91 Å². The van der Waals surface area contributed by atoms with Gasteiger partial charge in [-0.1, -0.05) is 31.8 Å². The summed E-state index contributed by atoms with van der Waals surface area (Å²) in [5.74, 6) is -0.518. The highest BCUT2D eigenvalue weighted by Crippen LogP contribution is 2.22. The number of carbonyl (C=O) groups is 1. The minimum Gasteiger partial charge on any atom is -0.268 e. The summed E-state index contributed by atoms with van der Waals surface area (Å²) < 4.78 is 25.7. The molecule has 1 amide bonds. The van der Waals surface area contributed by atoms with Crippen LogP contribution in [-0.2, 0) is 10.0 Å². The van der Waals surface area contributed by atoms with E-state index in [1.54, 1.807) is 12.1 Å². The third kappa shape index (κ3) is 1.58. The number of fused-ring (bicyclic) bond motifs is 1. The van der Waals surface area contributed by atoms with E-state index in [2.05, 4.69) is 19.6 Å². The number of amides is 1. The molecule has 1 aromatic carbocycles. The molecule has 0 saturated heterocycles. The lowest BCUT2D eigenvalue weighted by Crippen LogP contribution is -2.41. The molecular formula is C10H13NO3SSi. The monoisotopic (exact) mass is 255 g/mol. The van der Waals surface area contributed by atoms with Crippen molar-refractivity contribution >= 4 is 29.2 Å². The van der Waals surface area contributed by atoms with Gasteiger partial charge in [0.25, 0.3) is 15.9 Å². The number of carbonyl (C=O) groups excluding carboxylic acids is 1. The van der Waals surface area contributed by atoms with Gasteiger partial charge in [0.15, 0.2) is 0 Å². The van der Waals surface area contributed by atoms with Crippen molar-refractivity contribution in [1.29, 1.82) is 0 Å². The first kappa shape index (κ1) is 11.3. The number of sulfonamides is 1. The fourth-order valence-corrected chi connectivity index (χ4v) is 5.82. The van der Waals surface area contributed by atoms with Gasteiger partial charge in [-0.2, -0.15) is 0 Å². The van der Waals surface area contributed by atoms with Crippen LogP contribution in [0.4, 0.5) is 0 Å². The molecule has 1 heterocycles. The number of rotatable bonds is 1. The first-order valence-corrected chi connectivity index (χ1v) is 9.92. The molecule has 16 heavy (non-hydrogen) atoms. The average Bonchev–Trinajstić information content (AvgIpc) is 2.36. The number of hydrogen-bond acceptors (Lipinski definition) is 3. The summed E-state index contributed by atoms with van der Waals surface area (Å²) in [5, 5.41) is 0.809. The second-order valence-electron chi connectivity index (χ2n) is 4.87. The highest BCUT2D eigenvalue weighted by molar-refractivity contribution is 7.91. The van der Waals surface area contributed by atoms with E-state index in [4.69, 9.17) is 0 Å². The lowest BCUT2D eigenvalue weighted by molar-refractivity contribution is 0.0985. The summed E-state index contributed by atoms with van der Waals surface area (Å²) in [6, 6.07) is 5.11. The quantitative estimate of drug-likeness (QED) is 0.750. The highest BCUT2D eigenvalue weighted by atomic mass is 32.2. The van der Waals surface area contributed by atoms with E-state index in [-0.39, 0.29) is 10.5 Å². The van der Waals surface area contributed by atoms with Gasteiger partial charge in [0.05, 0.1) is 18.5 Å². The van der Waals surface area contributed by atoms with Crippen LogP contribution in [0.5, 0.6) is 0 Å². The molecule has 1 aromatic rings. The first-order chi connectivity index (χ1) is 7.23. The Balaban J connectivity index is 2.84. The summed E-state index contributed by atoms with van der Waals surface area (Å²) in [7, 11) is -5.41. The Morgan fingerprint density at radius 2 is 1.81 bits per heavy atom. The van der Waals surface area contributed by atoms with Crippen molar-refractivity contribution in [3.63, 3.8) is 0 Å². The summed E-state index contributed by atoms with van der Waals surface area (Å²) >= 11 is 0. The van der Waals surface area contributed by atoms with Crippen molar-refractivity contribution in [2.45, 2.75) is 24.5 Å². The van der Waals surface area contributed by atoms with Crippen LogP contribution in [0.1, 0.15) is 10.4 Å². The third-order valence-corrected chi connectivity index (χ3v) is 6.21. The van der Waals surface area contributed by atoms with Crippen LogP contribution in [0, 0.1) is 0 Å². The summed E-state index contributed by atoms with van der Waals surface area (Å²) in [6.45, 7) is 6.17. The maximum atomic E-state index is 11.8. The summed E-state index contributed by atoms with van der Waals surface area (Å²) in [4.78, 5) is 11.7. The maximum absolute atomic E-state index is 11.8. The predicted molar refractivity (Wildman–Crippen MR) is 64.1 cm³/mol. The molecule has 0 aliphatic carbocycles. The van der Waals surface area contributed by atoms with Gasteiger partial charge in [0.2, 0.25) is 0 Å². The highest BCUT2D eigenvalue weighted by Gasteiger charge is 2.37. The average molecular weight is 255 g/mol. The lowest BCUT2D eigenvalue weighted by atomic mass is 10.2. The Labute approximate surface area is 95.7 Å². The molecule has 1 aliphatic heterocycles. The predicted octanol–water partition coefficient (Wildman–Crippen LogP) is 0.664. The van der Waals surface area contributed by atoms with Crippen molar-refractivity contribution in [2.75, 3.05) is 0 Å². The zero-order valence-electron chi connectivity index (χ0n) is 9.37. The fourth-order valence-electron chi connectivity index (χ4n) is 1.82. The van der Waals surface area contributed by atoms with E-state index in [1.165, 1.54) is 0 Å². The van der Waals surface area contributed by atoms with Crippen molar-refractivity contribution in [3.05, 3.63) is 23.8 Å². The molecule has 0 fully saturated rings. The van der Waals surface area contributed by atoms with E-state index in [1.807, 2.05) is 10.8 Å². The summed E-state index contributed by atoms with van der Waals surface area (Å²) in [5.41, 5.74) is 0.278. The number of hydrogen-bond donors (Lipinski definition) is 1. The van der Waals surface area contributed by atoms with Crippen LogP contribution in [0.2, 0.25) is 19.6 Å². The van der Waals surface area contributed by atoms with Crippen molar-refractivity contribution < 1.29 is 13.2 Å². The fraction of sp³-hybridized carbons (Fsp3) is 0.300. The number of nitrogens with one attached hydrogen (secondary N) is 1. The Hall–Kier alpha value is -1.14. The maximum Gasteiger partial charge on any atom is 0.266 e. The van der Waals surface area contributed by atoms with E-state index >= 15 is 0 Å². The van der Waals surface area contributed by atoms with E-state index in [0.29, 0.717) is 0 Å². The molecule has 0 bridgehead atoms. The van der Waals surface area contributed by atoms with E-state index in [9.17, 15) is 13.2 Å². The van der Waals surface area contributed by atoms with Gasteiger partial charge < -0.3 is 0 Å². The largest absolute Gasteiger partial charge is 0.268 e. The van der Waals surface area contributed by atoms with Crippen LogP contribution >= 0.6 is 0 Å². The molecule has 1 aliphatic rings. The van der Waals surface area contributed by atoms with Crippen LogP contribution in [0.3, 0.4) is 0 Å². The van der Waals surface area contributed by atoms with E-state index in [0.717, 1.165) is 5.19 Å². The topological polar surface area (TPSA) is 63.2 Å². The zero-order chi connectivity index (χ0) is 12.1. The Morgan fingerprint density at radius 3 is 2.38 bits per heavy atom. The standard InChI is InChI=1S/C10H13NO3SSi/c1-16(2,3)8-6-4-5-7-9(8)15(13,14)11-10(7)12/h4-6H,1-3H3,(H,11,12). The molecule has 0 radical (unpaired) electrons. The van der Waals surface area contributed by atoms with Crippen LogP contribution in [0.25, 0.3) is 0 Å². The van der Waals surface area contributed by atoms with Crippen LogP contribution in [-0.4, -0.2) is 22.4 Å². The minimum atomic E-state index is -3.63. The van der Waals surface area contributed by atoms with Crippen molar-refractivity contribution in [3.8, 4) is 0 Å². The third-order valence-electron chi connectivity index (χ3n) is 2.56. The molecule has 2 rings (SSSR count). The van der Waals surface area contributed by atoms with Crippen molar-refractivity contribution in [1.82, 2.24) is 4.72 Å². The molecule has 0 unspecified atom stereocenters. The Kier molecular flexibility index (Phi) is 2.25. The smallest absolute Gasteiger partial charge is 0.266 e. The van der Waals surface area contributed by atoms with Gasteiger partial charge in [0, 0.05) is 0 Å². The zero-order valence-corrected chi connectivity index (χ0v) is 11.2. The molecule has 6 heteroatoms. The SMILES string of the molecule is C[Si](C)(C)c1cccc2c1S(=O)(=O)NC2=O. The molecule has 4 nitrogen and oxygen atoms in total. The van der Waals surface area contributed by atoms with Gasteiger partial charge in [-0.3, -0.25) is 4.79 Å². The van der Waals surface area contributed by atoms with Gasteiger partial charge in [-0.15, -0.1) is 0 Å². The lowest BCUT2D eigenvalue weighted by Gasteiger charge is -2.18. The second-order valence-corrected chi connectivity index (χ2v) is 11.5. The number of benzene rings is 1. The second kappa shape index (κ2) is 3.18. The van der Waals surface area contributed by atoms with E-state index < -0.39 is 24.0 Å². The molecule has 0 aromatic heterocycles. The summed E-state index contributed by atoms with van der Waals surface area (Å²) in [6.07, 6.45) is 0. The van der Waals surface area contributed by atoms with Gasteiger partial charge in [-0.25, -0.2) is 13.1 Å². The first-order valence-electron chi connectivity index (χ1n) is 4.94. The van der Waals surface area contributed by atoms with Gasteiger partial charge >= 0.3 is 0 Å². The molecular weight excluding hydrogens is 242 g/mol. The Bertz CT molecular complexity index is 572. The van der Waals surface area contributed by atoms with Gasteiger partial charge in [0.1, 0.15) is 0 Å². The van der Waals surface area contributed by atoms with Crippen LogP contribution in [0.15, 0.2) is 23.1 Å². The molecule has 0 saturated carbocycles. The molecule has 86 valence electrons.